The van der Waals surface area contributed by atoms with Crippen molar-refractivity contribution in [3.63, 3.8) is 0 Å². The SMILES string of the molecule is CCN(CC)C(=O)COC(=O)c1ccc2c(c1)C(=O)N(Cc1ccco1)C2=O. The number of amides is 3. The van der Waals surface area contributed by atoms with E-state index in [4.69, 9.17) is 9.15 Å². The summed E-state index contributed by atoms with van der Waals surface area (Å²) in [6.07, 6.45) is 1.46. The summed E-state index contributed by atoms with van der Waals surface area (Å²) >= 11 is 0. The number of hydrogen-bond donors (Lipinski definition) is 0. The van der Waals surface area contributed by atoms with Crippen molar-refractivity contribution >= 4 is 23.7 Å². The van der Waals surface area contributed by atoms with Gasteiger partial charge in [-0.15, -0.1) is 0 Å². The van der Waals surface area contributed by atoms with Gasteiger partial charge in [-0.25, -0.2) is 4.79 Å². The van der Waals surface area contributed by atoms with E-state index in [2.05, 4.69) is 0 Å². The molecule has 1 aliphatic heterocycles. The second-order valence-corrected chi connectivity index (χ2v) is 6.18. The summed E-state index contributed by atoms with van der Waals surface area (Å²) in [5.74, 6) is -1.51. The van der Waals surface area contributed by atoms with Gasteiger partial charge in [-0.2, -0.15) is 0 Å². The summed E-state index contributed by atoms with van der Waals surface area (Å²) in [6.45, 7) is 4.34. The van der Waals surface area contributed by atoms with Crippen LogP contribution in [0.4, 0.5) is 0 Å². The maximum absolute atomic E-state index is 12.6. The molecule has 28 heavy (non-hydrogen) atoms. The van der Waals surface area contributed by atoms with Gasteiger partial charge in [0.25, 0.3) is 17.7 Å². The van der Waals surface area contributed by atoms with Crippen molar-refractivity contribution < 1.29 is 28.3 Å². The number of carbonyl (C=O) groups excluding carboxylic acids is 4. The molecule has 0 atom stereocenters. The highest BCUT2D eigenvalue weighted by Crippen LogP contribution is 2.26. The molecule has 1 aliphatic rings. The van der Waals surface area contributed by atoms with Crippen LogP contribution in [0.15, 0.2) is 41.0 Å². The Kier molecular flexibility index (Phi) is 5.58. The van der Waals surface area contributed by atoms with Crippen molar-refractivity contribution in [1.29, 1.82) is 0 Å². The molecular weight excluding hydrogens is 364 g/mol. The Morgan fingerprint density at radius 3 is 2.43 bits per heavy atom. The first-order valence-electron chi connectivity index (χ1n) is 8.93. The van der Waals surface area contributed by atoms with E-state index in [0.29, 0.717) is 18.8 Å². The molecule has 2 heterocycles. The number of hydrogen-bond acceptors (Lipinski definition) is 6. The second kappa shape index (κ2) is 8.08. The van der Waals surface area contributed by atoms with Crippen LogP contribution in [0.3, 0.4) is 0 Å². The highest BCUT2D eigenvalue weighted by atomic mass is 16.5. The van der Waals surface area contributed by atoms with Crippen molar-refractivity contribution in [2.24, 2.45) is 0 Å². The minimum atomic E-state index is -0.729. The Bertz CT molecular complexity index is 915. The number of ether oxygens (including phenoxy) is 1. The first kappa shape index (κ1) is 19.3. The fraction of sp³-hybridized carbons (Fsp3) is 0.300. The van der Waals surface area contributed by atoms with E-state index in [1.54, 1.807) is 17.0 Å². The third kappa shape index (κ3) is 3.66. The summed E-state index contributed by atoms with van der Waals surface area (Å²) in [7, 11) is 0. The summed E-state index contributed by atoms with van der Waals surface area (Å²) in [5.41, 5.74) is 0.445. The predicted octanol–water partition coefficient (Wildman–Crippen LogP) is 2.10. The molecule has 1 aromatic carbocycles. The molecule has 3 amide bonds. The van der Waals surface area contributed by atoms with Crippen LogP contribution in [-0.2, 0) is 16.1 Å². The fourth-order valence-corrected chi connectivity index (χ4v) is 3.00. The summed E-state index contributed by atoms with van der Waals surface area (Å²) in [5, 5.41) is 0. The molecule has 8 heteroatoms. The van der Waals surface area contributed by atoms with Crippen molar-refractivity contribution in [3.05, 3.63) is 59.0 Å². The van der Waals surface area contributed by atoms with Crippen LogP contribution in [0.25, 0.3) is 0 Å². The molecule has 0 N–H and O–H groups in total. The van der Waals surface area contributed by atoms with Gasteiger partial charge in [0.15, 0.2) is 6.61 Å². The van der Waals surface area contributed by atoms with Crippen LogP contribution >= 0.6 is 0 Å². The molecule has 0 saturated heterocycles. The van der Waals surface area contributed by atoms with E-state index in [-0.39, 0.29) is 35.7 Å². The van der Waals surface area contributed by atoms with E-state index < -0.39 is 17.8 Å². The average Bonchev–Trinajstić information content (AvgIpc) is 3.30. The molecule has 0 radical (unpaired) electrons. The molecule has 0 saturated carbocycles. The van der Waals surface area contributed by atoms with Crippen molar-refractivity contribution in [2.75, 3.05) is 19.7 Å². The first-order valence-corrected chi connectivity index (χ1v) is 8.93. The number of esters is 1. The zero-order valence-electron chi connectivity index (χ0n) is 15.6. The molecule has 0 fully saturated rings. The van der Waals surface area contributed by atoms with Crippen LogP contribution < -0.4 is 0 Å². The van der Waals surface area contributed by atoms with Crippen LogP contribution in [0.2, 0.25) is 0 Å². The van der Waals surface area contributed by atoms with Crippen LogP contribution in [-0.4, -0.2) is 53.2 Å². The van der Waals surface area contributed by atoms with Crippen molar-refractivity contribution in [2.45, 2.75) is 20.4 Å². The zero-order chi connectivity index (χ0) is 20.3. The van der Waals surface area contributed by atoms with Crippen molar-refractivity contribution in [3.8, 4) is 0 Å². The number of benzene rings is 1. The van der Waals surface area contributed by atoms with Crippen molar-refractivity contribution in [1.82, 2.24) is 9.80 Å². The fourth-order valence-electron chi connectivity index (χ4n) is 3.00. The molecule has 146 valence electrons. The van der Waals surface area contributed by atoms with Gasteiger partial charge in [-0.1, -0.05) is 0 Å². The Labute approximate surface area is 161 Å². The normalized spacial score (nSPS) is 12.9. The number of carbonyl (C=O) groups is 4. The van der Waals surface area contributed by atoms with E-state index in [1.807, 2.05) is 13.8 Å². The lowest BCUT2D eigenvalue weighted by Crippen LogP contribution is -2.34. The molecule has 0 spiro atoms. The lowest BCUT2D eigenvalue weighted by molar-refractivity contribution is -0.134. The Balaban J connectivity index is 1.71. The molecule has 3 rings (SSSR count). The maximum Gasteiger partial charge on any atom is 0.338 e. The van der Waals surface area contributed by atoms with Gasteiger partial charge in [0.2, 0.25) is 0 Å². The lowest BCUT2D eigenvalue weighted by atomic mass is 10.1. The van der Waals surface area contributed by atoms with Gasteiger partial charge in [0.1, 0.15) is 5.76 Å². The highest BCUT2D eigenvalue weighted by molar-refractivity contribution is 6.21. The summed E-state index contributed by atoms with van der Waals surface area (Å²) in [6, 6.07) is 7.48. The smallest absolute Gasteiger partial charge is 0.338 e. The van der Waals surface area contributed by atoms with Crippen LogP contribution in [0, 0.1) is 0 Å². The van der Waals surface area contributed by atoms with E-state index in [0.717, 1.165) is 4.90 Å². The third-order valence-electron chi connectivity index (χ3n) is 4.54. The number of nitrogens with zero attached hydrogens (tertiary/aromatic N) is 2. The summed E-state index contributed by atoms with van der Waals surface area (Å²) in [4.78, 5) is 51.9. The third-order valence-corrected chi connectivity index (χ3v) is 4.54. The van der Waals surface area contributed by atoms with Gasteiger partial charge in [-0.3, -0.25) is 19.3 Å². The number of likely N-dealkylation sites (N-methyl/N-ethyl adjacent to an activating group) is 1. The lowest BCUT2D eigenvalue weighted by Gasteiger charge is -2.18. The number of rotatable bonds is 7. The molecule has 1 aromatic heterocycles. The summed E-state index contributed by atoms with van der Waals surface area (Å²) < 4.78 is 10.2. The molecule has 0 aliphatic carbocycles. The molecular formula is C20H20N2O6. The second-order valence-electron chi connectivity index (χ2n) is 6.18. The predicted molar refractivity (Wildman–Crippen MR) is 97.6 cm³/mol. The number of fused-ring (bicyclic) bond motifs is 1. The average molecular weight is 384 g/mol. The van der Waals surface area contributed by atoms with Gasteiger partial charge >= 0.3 is 5.97 Å². The van der Waals surface area contributed by atoms with E-state index in [9.17, 15) is 19.2 Å². The highest BCUT2D eigenvalue weighted by Gasteiger charge is 2.36. The molecule has 0 unspecified atom stereocenters. The topological polar surface area (TPSA) is 97.1 Å². The van der Waals surface area contributed by atoms with Crippen LogP contribution in [0.5, 0.6) is 0 Å². The number of imide groups is 1. The zero-order valence-corrected chi connectivity index (χ0v) is 15.6. The van der Waals surface area contributed by atoms with Gasteiger partial charge in [0, 0.05) is 13.1 Å². The van der Waals surface area contributed by atoms with E-state index >= 15 is 0 Å². The minimum absolute atomic E-state index is 0.0114. The first-order chi connectivity index (χ1) is 13.5. The van der Waals surface area contributed by atoms with Gasteiger partial charge in [0.05, 0.1) is 29.5 Å². The monoisotopic (exact) mass is 384 g/mol. The van der Waals surface area contributed by atoms with E-state index in [1.165, 1.54) is 24.5 Å². The maximum atomic E-state index is 12.6. The quantitative estimate of drug-likeness (QED) is 0.536. The Hall–Kier alpha value is -3.42. The Morgan fingerprint density at radius 2 is 1.79 bits per heavy atom. The minimum Gasteiger partial charge on any atom is -0.467 e. The standard InChI is InChI=1S/C20H20N2O6/c1-3-21(4-2)17(23)12-28-20(26)13-7-8-15-16(10-13)19(25)22(18(15)24)11-14-6-5-9-27-14/h5-10H,3-4,11-12H2,1-2H3. The molecule has 2 aromatic rings. The van der Waals surface area contributed by atoms with Gasteiger partial charge < -0.3 is 14.1 Å². The molecule has 8 nitrogen and oxygen atoms in total. The number of furan rings is 1. The largest absolute Gasteiger partial charge is 0.467 e. The molecule has 0 bridgehead atoms. The van der Waals surface area contributed by atoms with Gasteiger partial charge in [-0.05, 0) is 44.2 Å². The van der Waals surface area contributed by atoms with Crippen LogP contribution in [0.1, 0.15) is 50.7 Å². The Morgan fingerprint density at radius 1 is 1.07 bits per heavy atom.